The molecule has 2 aromatic carbocycles. The smallest absolute Gasteiger partial charge is 0.254 e. The molecule has 1 aromatic heterocycles. The molecule has 1 amide bonds. The first-order valence-electron chi connectivity index (χ1n) is 10.9. The van der Waals surface area contributed by atoms with E-state index in [1.54, 1.807) is 0 Å². The number of hydrogen-bond acceptors (Lipinski definition) is 5. The molecule has 0 radical (unpaired) electrons. The Morgan fingerprint density at radius 1 is 0.767 bits per heavy atom. The number of carbonyl (C=O) groups excluding carboxylic acids is 1. The van der Waals surface area contributed by atoms with Gasteiger partial charge < -0.3 is 14.7 Å². The number of piperidine rings is 1. The van der Waals surface area contributed by atoms with Crippen LogP contribution in [0.4, 0.5) is 11.8 Å². The van der Waals surface area contributed by atoms with Gasteiger partial charge in [-0.05, 0) is 42.2 Å². The van der Waals surface area contributed by atoms with Crippen molar-refractivity contribution in [3.05, 3.63) is 60.3 Å². The number of nitrogens with zero attached hydrogens (tertiary/aromatic N) is 5. The van der Waals surface area contributed by atoms with E-state index >= 15 is 0 Å². The molecular weight excluding hydrogens is 374 g/mol. The summed E-state index contributed by atoms with van der Waals surface area (Å²) in [5.41, 5.74) is 0.788. The number of fused-ring (bicyclic) bond motifs is 1. The molecule has 3 heterocycles. The van der Waals surface area contributed by atoms with E-state index in [4.69, 9.17) is 4.98 Å². The second-order valence-electron chi connectivity index (χ2n) is 8.07. The second kappa shape index (κ2) is 8.30. The van der Waals surface area contributed by atoms with E-state index in [1.807, 2.05) is 47.5 Å². The minimum atomic E-state index is 0.114. The van der Waals surface area contributed by atoms with E-state index in [2.05, 4.69) is 26.9 Å². The predicted octanol–water partition coefficient (Wildman–Crippen LogP) is 3.58. The number of benzene rings is 2. The van der Waals surface area contributed by atoms with Gasteiger partial charge in [0, 0.05) is 51.0 Å². The summed E-state index contributed by atoms with van der Waals surface area (Å²) in [6.07, 6.45) is 5.58. The van der Waals surface area contributed by atoms with Crippen molar-refractivity contribution >= 4 is 28.4 Å². The van der Waals surface area contributed by atoms with Gasteiger partial charge in [-0.2, -0.15) is 4.98 Å². The van der Waals surface area contributed by atoms with Crippen LogP contribution < -0.4 is 9.80 Å². The van der Waals surface area contributed by atoms with Gasteiger partial charge in [0.1, 0.15) is 5.82 Å². The van der Waals surface area contributed by atoms with E-state index < -0.39 is 0 Å². The zero-order chi connectivity index (χ0) is 20.3. The Hall–Kier alpha value is -3.15. The van der Waals surface area contributed by atoms with Crippen molar-refractivity contribution in [1.29, 1.82) is 0 Å². The molecule has 0 N–H and O–H groups in total. The summed E-state index contributed by atoms with van der Waals surface area (Å²) in [4.78, 5) is 29.0. The summed E-state index contributed by atoms with van der Waals surface area (Å²) in [7, 11) is 0. The van der Waals surface area contributed by atoms with E-state index in [9.17, 15) is 4.79 Å². The van der Waals surface area contributed by atoms with Crippen molar-refractivity contribution < 1.29 is 4.79 Å². The molecule has 6 heteroatoms. The third-order valence-corrected chi connectivity index (χ3v) is 6.18. The lowest BCUT2D eigenvalue weighted by Crippen LogP contribution is -2.49. The Labute approximate surface area is 177 Å². The summed E-state index contributed by atoms with van der Waals surface area (Å²) >= 11 is 0. The first-order valence-corrected chi connectivity index (χ1v) is 10.9. The molecular formula is C24H27N5O. The van der Waals surface area contributed by atoms with Gasteiger partial charge in [-0.3, -0.25) is 4.79 Å². The van der Waals surface area contributed by atoms with E-state index in [-0.39, 0.29) is 5.91 Å². The van der Waals surface area contributed by atoms with E-state index in [1.165, 1.54) is 19.3 Å². The standard InChI is InChI=1S/C24H27N5O/c30-23(21-10-6-8-19-7-2-3-9-20(19)21)28-17-15-27(16-18-28)22-11-12-25-24(26-22)29-13-4-1-5-14-29/h2-3,6-12H,1,4-5,13-18H2. The molecule has 2 fully saturated rings. The minimum absolute atomic E-state index is 0.114. The highest BCUT2D eigenvalue weighted by Gasteiger charge is 2.24. The monoisotopic (exact) mass is 401 g/mol. The number of amides is 1. The maximum Gasteiger partial charge on any atom is 0.254 e. The Bertz CT molecular complexity index is 1030. The highest BCUT2D eigenvalue weighted by molar-refractivity contribution is 6.07. The molecule has 0 aliphatic carbocycles. The third-order valence-electron chi connectivity index (χ3n) is 6.18. The van der Waals surface area contributed by atoms with Crippen molar-refractivity contribution in [2.24, 2.45) is 0 Å². The maximum absolute atomic E-state index is 13.2. The van der Waals surface area contributed by atoms with Crippen LogP contribution in [-0.4, -0.2) is 60.0 Å². The lowest BCUT2D eigenvalue weighted by Gasteiger charge is -2.36. The van der Waals surface area contributed by atoms with Gasteiger partial charge >= 0.3 is 0 Å². The number of aromatic nitrogens is 2. The van der Waals surface area contributed by atoms with Crippen LogP contribution in [0.25, 0.3) is 10.8 Å². The molecule has 154 valence electrons. The quantitative estimate of drug-likeness (QED) is 0.671. The van der Waals surface area contributed by atoms with Gasteiger partial charge in [-0.25, -0.2) is 4.98 Å². The zero-order valence-corrected chi connectivity index (χ0v) is 17.2. The van der Waals surface area contributed by atoms with Gasteiger partial charge in [0.25, 0.3) is 5.91 Å². The first kappa shape index (κ1) is 18.9. The van der Waals surface area contributed by atoms with E-state index in [0.717, 1.165) is 54.3 Å². The molecule has 0 spiro atoms. The van der Waals surface area contributed by atoms with Crippen molar-refractivity contribution in [2.75, 3.05) is 49.1 Å². The van der Waals surface area contributed by atoms with Crippen LogP contribution in [-0.2, 0) is 0 Å². The van der Waals surface area contributed by atoms with Gasteiger partial charge in [-0.15, -0.1) is 0 Å². The number of rotatable bonds is 3. The summed E-state index contributed by atoms with van der Waals surface area (Å²) in [6, 6.07) is 16.0. The van der Waals surface area contributed by atoms with Crippen molar-refractivity contribution in [1.82, 2.24) is 14.9 Å². The molecule has 0 bridgehead atoms. The van der Waals surface area contributed by atoms with Crippen LogP contribution in [0, 0.1) is 0 Å². The highest BCUT2D eigenvalue weighted by Crippen LogP contribution is 2.23. The molecule has 2 saturated heterocycles. The summed E-state index contributed by atoms with van der Waals surface area (Å²) in [6.45, 7) is 5.05. The number of hydrogen-bond donors (Lipinski definition) is 0. The number of carbonyl (C=O) groups is 1. The molecule has 30 heavy (non-hydrogen) atoms. The summed E-state index contributed by atoms with van der Waals surface area (Å²) < 4.78 is 0. The highest BCUT2D eigenvalue weighted by atomic mass is 16.2. The van der Waals surface area contributed by atoms with E-state index in [0.29, 0.717) is 13.1 Å². The Kier molecular flexibility index (Phi) is 5.22. The zero-order valence-electron chi connectivity index (χ0n) is 17.2. The molecule has 2 aliphatic heterocycles. The lowest BCUT2D eigenvalue weighted by atomic mass is 10.0. The largest absolute Gasteiger partial charge is 0.353 e. The lowest BCUT2D eigenvalue weighted by molar-refractivity contribution is 0.0748. The molecule has 0 atom stereocenters. The van der Waals surface area contributed by atoms with Gasteiger partial charge in [0.15, 0.2) is 0 Å². The van der Waals surface area contributed by atoms with Crippen LogP contribution in [0.1, 0.15) is 29.6 Å². The normalized spacial score (nSPS) is 17.4. The molecule has 6 nitrogen and oxygen atoms in total. The fourth-order valence-electron chi connectivity index (χ4n) is 4.48. The third kappa shape index (κ3) is 3.70. The minimum Gasteiger partial charge on any atom is -0.353 e. The molecule has 0 unspecified atom stereocenters. The van der Waals surface area contributed by atoms with Crippen molar-refractivity contribution in [2.45, 2.75) is 19.3 Å². The number of piperazine rings is 1. The Morgan fingerprint density at radius 2 is 1.53 bits per heavy atom. The summed E-state index contributed by atoms with van der Waals surface area (Å²) in [5, 5.41) is 2.13. The predicted molar refractivity (Wildman–Crippen MR) is 120 cm³/mol. The SMILES string of the molecule is O=C(c1cccc2ccccc12)N1CCN(c2ccnc(N3CCCCC3)n2)CC1. The van der Waals surface area contributed by atoms with Crippen LogP contribution in [0.5, 0.6) is 0 Å². The van der Waals surface area contributed by atoms with Crippen LogP contribution in [0.15, 0.2) is 54.7 Å². The molecule has 0 saturated carbocycles. The van der Waals surface area contributed by atoms with Crippen LogP contribution in [0.3, 0.4) is 0 Å². The molecule has 5 rings (SSSR count). The number of anilines is 2. The van der Waals surface area contributed by atoms with Crippen molar-refractivity contribution in [3.63, 3.8) is 0 Å². The topological polar surface area (TPSA) is 52.6 Å². The summed E-state index contributed by atoms with van der Waals surface area (Å²) in [5.74, 6) is 1.91. The van der Waals surface area contributed by atoms with Crippen LogP contribution in [0.2, 0.25) is 0 Å². The average molecular weight is 402 g/mol. The molecule has 2 aliphatic rings. The Morgan fingerprint density at radius 3 is 2.37 bits per heavy atom. The van der Waals surface area contributed by atoms with Crippen LogP contribution >= 0.6 is 0 Å². The fourth-order valence-corrected chi connectivity index (χ4v) is 4.48. The second-order valence-corrected chi connectivity index (χ2v) is 8.07. The maximum atomic E-state index is 13.2. The van der Waals surface area contributed by atoms with Crippen molar-refractivity contribution in [3.8, 4) is 0 Å². The van der Waals surface area contributed by atoms with Gasteiger partial charge in [0.05, 0.1) is 0 Å². The first-order chi connectivity index (χ1) is 14.8. The van der Waals surface area contributed by atoms with Gasteiger partial charge in [0.2, 0.25) is 5.95 Å². The Balaban J connectivity index is 1.28. The molecule has 3 aromatic rings. The average Bonchev–Trinajstić information content (AvgIpc) is 2.84. The van der Waals surface area contributed by atoms with Gasteiger partial charge in [-0.1, -0.05) is 36.4 Å². The fraction of sp³-hybridized carbons (Fsp3) is 0.375.